The molecule has 5 heteroatoms. The molecule has 1 aliphatic heterocycles. The molecule has 0 spiro atoms. The molecule has 0 radical (unpaired) electrons. The number of nitrogens with zero attached hydrogens (tertiary/aromatic N) is 3. The summed E-state index contributed by atoms with van der Waals surface area (Å²) >= 11 is 6.02. The predicted molar refractivity (Wildman–Crippen MR) is 95.0 cm³/mol. The largest absolute Gasteiger partial charge is 0.337 e. The molecule has 1 amide bonds. The van der Waals surface area contributed by atoms with Crippen LogP contribution in [-0.4, -0.2) is 26.7 Å². The van der Waals surface area contributed by atoms with Gasteiger partial charge in [-0.1, -0.05) is 29.8 Å². The van der Waals surface area contributed by atoms with Gasteiger partial charge < -0.3 is 9.30 Å². The standard InChI is InChI=1S/C19H18ClN3O/c1-13-4-9-17-21-19(14-5-7-15(20)8-6-14)16(23(17)11-13)12-22-10-2-3-18(22)24/h4-9,11H,2-3,10,12H2,1H3. The Labute approximate surface area is 145 Å². The van der Waals surface area contributed by atoms with Crippen molar-refractivity contribution in [2.45, 2.75) is 26.3 Å². The Hall–Kier alpha value is -2.33. The van der Waals surface area contributed by atoms with Crippen molar-refractivity contribution < 1.29 is 4.79 Å². The third-order valence-electron chi connectivity index (χ3n) is 4.50. The van der Waals surface area contributed by atoms with Gasteiger partial charge in [0.05, 0.1) is 17.9 Å². The van der Waals surface area contributed by atoms with E-state index < -0.39 is 0 Å². The fourth-order valence-electron chi connectivity index (χ4n) is 3.24. The second-order valence-electron chi connectivity index (χ2n) is 6.27. The van der Waals surface area contributed by atoms with Crippen molar-refractivity contribution in [2.75, 3.05) is 6.54 Å². The lowest BCUT2D eigenvalue weighted by Crippen LogP contribution is -2.25. The Bertz CT molecular complexity index is 914. The van der Waals surface area contributed by atoms with Gasteiger partial charge in [-0.2, -0.15) is 0 Å². The first-order chi connectivity index (χ1) is 11.6. The van der Waals surface area contributed by atoms with Crippen LogP contribution in [0.3, 0.4) is 0 Å². The van der Waals surface area contributed by atoms with E-state index in [9.17, 15) is 4.79 Å². The van der Waals surface area contributed by atoms with Crippen molar-refractivity contribution >= 4 is 23.2 Å². The average Bonchev–Trinajstić information content (AvgIpc) is 3.13. The van der Waals surface area contributed by atoms with Crippen LogP contribution >= 0.6 is 11.6 Å². The van der Waals surface area contributed by atoms with Gasteiger partial charge in [-0.15, -0.1) is 0 Å². The smallest absolute Gasteiger partial charge is 0.222 e. The summed E-state index contributed by atoms with van der Waals surface area (Å²) in [5.74, 6) is 0.222. The van der Waals surface area contributed by atoms with Gasteiger partial charge in [-0.3, -0.25) is 4.79 Å². The Morgan fingerprint density at radius 2 is 1.96 bits per heavy atom. The van der Waals surface area contributed by atoms with Crippen molar-refractivity contribution in [1.29, 1.82) is 0 Å². The zero-order valence-corrected chi connectivity index (χ0v) is 14.3. The molecule has 0 saturated carbocycles. The Balaban J connectivity index is 1.86. The lowest BCUT2D eigenvalue weighted by atomic mass is 10.1. The predicted octanol–water partition coefficient (Wildman–Crippen LogP) is 4.09. The Kier molecular flexibility index (Phi) is 3.77. The number of hydrogen-bond acceptors (Lipinski definition) is 2. The van der Waals surface area contributed by atoms with E-state index in [1.54, 1.807) is 0 Å². The van der Waals surface area contributed by atoms with E-state index in [-0.39, 0.29) is 5.91 Å². The van der Waals surface area contributed by atoms with Gasteiger partial charge >= 0.3 is 0 Å². The highest BCUT2D eigenvalue weighted by atomic mass is 35.5. The Morgan fingerprint density at radius 1 is 1.17 bits per heavy atom. The van der Waals surface area contributed by atoms with E-state index in [0.29, 0.717) is 18.0 Å². The number of fused-ring (bicyclic) bond motifs is 1. The summed E-state index contributed by atoms with van der Waals surface area (Å²) in [7, 11) is 0. The van der Waals surface area contributed by atoms with Crippen molar-refractivity contribution in [3.05, 3.63) is 58.9 Å². The van der Waals surface area contributed by atoms with Crippen LogP contribution in [0.1, 0.15) is 24.1 Å². The van der Waals surface area contributed by atoms with Gasteiger partial charge in [-0.05, 0) is 37.1 Å². The summed E-state index contributed by atoms with van der Waals surface area (Å²) in [5, 5.41) is 0.703. The van der Waals surface area contributed by atoms with E-state index in [1.165, 1.54) is 0 Å². The molecule has 0 N–H and O–H groups in total. The first kappa shape index (κ1) is 15.2. The maximum Gasteiger partial charge on any atom is 0.222 e. The van der Waals surface area contributed by atoms with Gasteiger partial charge in [0.2, 0.25) is 5.91 Å². The number of aryl methyl sites for hydroxylation is 1. The highest BCUT2D eigenvalue weighted by molar-refractivity contribution is 6.30. The fraction of sp³-hybridized carbons (Fsp3) is 0.263. The molecular formula is C19H18ClN3O. The molecule has 4 rings (SSSR count). The number of likely N-dealkylation sites (tertiary alicyclic amines) is 1. The van der Waals surface area contributed by atoms with Gasteiger partial charge in [0, 0.05) is 29.7 Å². The van der Waals surface area contributed by atoms with E-state index >= 15 is 0 Å². The van der Waals surface area contributed by atoms with E-state index in [2.05, 4.69) is 23.6 Å². The monoisotopic (exact) mass is 339 g/mol. The highest BCUT2D eigenvalue weighted by Gasteiger charge is 2.24. The molecule has 1 aliphatic rings. The number of rotatable bonds is 3. The SMILES string of the molecule is Cc1ccc2nc(-c3ccc(Cl)cc3)c(CN3CCCC3=O)n2c1. The lowest BCUT2D eigenvalue weighted by molar-refractivity contribution is -0.128. The number of aromatic nitrogens is 2. The van der Waals surface area contributed by atoms with Crippen LogP contribution in [0.15, 0.2) is 42.6 Å². The van der Waals surface area contributed by atoms with Gasteiger partial charge in [0.1, 0.15) is 5.65 Å². The molecule has 122 valence electrons. The highest BCUT2D eigenvalue weighted by Crippen LogP contribution is 2.28. The molecule has 3 aromatic rings. The number of amides is 1. The molecule has 2 aromatic heterocycles. The topological polar surface area (TPSA) is 37.6 Å². The number of carbonyl (C=O) groups is 1. The number of imidazole rings is 1. The van der Waals surface area contributed by atoms with Crippen molar-refractivity contribution in [3.63, 3.8) is 0 Å². The molecule has 0 unspecified atom stereocenters. The first-order valence-corrected chi connectivity index (χ1v) is 8.51. The average molecular weight is 340 g/mol. The maximum absolute atomic E-state index is 12.1. The van der Waals surface area contributed by atoms with Crippen LogP contribution in [0.2, 0.25) is 5.02 Å². The van der Waals surface area contributed by atoms with Crippen LogP contribution in [0, 0.1) is 6.92 Å². The molecule has 1 fully saturated rings. The summed E-state index contributed by atoms with van der Waals surface area (Å²) < 4.78 is 2.10. The fourth-order valence-corrected chi connectivity index (χ4v) is 3.37. The minimum atomic E-state index is 0.222. The number of benzene rings is 1. The molecule has 24 heavy (non-hydrogen) atoms. The number of hydrogen-bond donors (Lipinski definition) is 0. The second-order valence-corrected chi connectivity index (χ2v) is 6.70. The quantitative estimate of drug-likeness (QED) is 0.721. The van der Waals surface area contributed by atoms with E-state index in [0.717, 1.165) is 41.1 Å². The van der Waals surface area contributed by atoms with E-state index in [4.69, 9.17) is 16.6 Å². The van der Waals surface area contributed by atoms with Crippen LogP contribution in [-0.2, 0) is 11.3 Å². The maximum atomic E-state index is 12.1. The van der Waals surface area contributed by atoms with Gasteiger partial charge in [0.15, 0.2) is 0 Å². The van der Waals surface area contributed by atoms with Crippen LogP contribution < -0.4 is 0 Å². The molecule has 0 bridgehead atoms. The Morgan fingerprint density at radius 3 is 2.67 bits per heavy atom. The normalized spacial score (nSPS) is 14.8. The summed E-state index contributed by atoms with van der Waals surface area (Å²) in [6.45, 7) is 3.46. The molecule has 3 heterocycles. The zero-order valence-electron chi connectivity index (χ0n) is 13.5. The molecule has 4 nitrogen and oxygen atoms in total. The number of pyridine rings is 1. The van der Waals surface area contributed by atoms with Gasteiger partial charge in [0.25, 0.3) is 0 Å². The first-order valence-electron chi connectivity index (χ1n) is 8.13. The van der Waals surface area contributed by atoms with Crippen molar-refractivity contribution in [1.82, 2.24) is 14.3 Å². The summed E-state index contributed by atoms with van der Waals surface area (Å²) in [6, 6.07) is 11.8. The lowest BCUT2D eigenvalue weighted by Gasteiger charge is -2.16. The molecule has 0 aliphatic carbocycles. The minimum absolute atomic E-state index is 0.222. The van der Waals surface area contributed by atoms with Crippen LogP contribution in [0.5, 0.6) is 0 Å². The van der Waals surface area contributed by atoms with Crippen molar-refractivity contribution in [3.8, 4) is 11.3 Å². The van der Waals surface area contributed by atoms with Crippen LogP contribution in [0.25, 0.3) is 16.9 Å². The van der Waals surface area contributed by atoms with Crippen LogP contribution in [0.4, 0.5) is 0 Å². The summed E-state index contributed by atoms with van der Waals surface area (Å²) in [4.78, 5) is 18.8. The summed E-state index contributed by atoms with van der Waals surface area (Å²) in [6.07, 6.45) is 3.66. The molecule has 1 aromatic carbocycles. The molecule has 0 atom stereocenters. The number of carbonyl (C=O) groups excluding carboxylic acids is 1. The van der Waals surface area contributed by atoms with Crippen molar-refractivity contribution in [2.24, 2.45) is 0 Å². The summed E-state index contributed by atoms with van der Waals surface area (Å²) in [5.41, 5.74) is 5.04. The number of halogens is 1. The molecule has 1 saturated heterocycles. The zero-order chi connectivity index (χ0) is 16.7. The van der Waals surface area contributed by atoms with Gasteiger partial charge in [-0.25, -0.2) is 4.98 Å². The third kappa shape index (κ3) is 2.67. The van der Waals surface area contributed by atoms with E-state index in [1.807, 2.05) is 35.2 Å². The molecular weight excluding hydrogens is 322 g/mol. The second kappa shape index (κ2) is 5.95. The minimum Gasteiger partial charge on any atom is -0.337 e. The third-order valence-corrected chi connectivity index (χ3v) is 4.75.